The lowest BCUT2D eigenvalue weighted by atomic mass is 10.2. The zero-order chi connectivity index (χ0) is 14.4. The first kappa shape index (κ1) is 13.2. The number of aromatic nitrogens is 2. The lowest BCUT2D eigenvalue weighted by Crippen LogP contribution is -1.98. The fourth-order valence-electron chi connectivity index (χ4n) is 2.03. The number of halogens is 4. The van der Waals surface area contributed by atoms with Gasteiger partial charge >= 0.3 is 0 Å². The quantitative estimate of drug-likeness (QED) is 0.642. The lowest BCUT2D eigenvalue weighted by molar-refractivity contribution is 0.590. The fourth-order valence-corrected chi connectivity index (χ4v) is 2.49. The number of aromatic amines is 1. The average molecular weight is 315 g/mol. The maximum absolute atomic E-state index is 14.0. The van der Waals surface area contributed by atoms with E-state index in [0.29, 0.717) is 0 Å². The van der Waals surface area contributed by atoms with E-state index in [2.05, 4.69) is 4.98 Å². The zero-order valence-corrected chi connectivity index (χ0v) is 11.3. The molecule has 0 atom stereocenters. The van der Waals surface area contributed by atoms with Crippen molar-refractivity contribution in [2.45, 2.75) is 0 Å². The Morgan fingerprint density at radius 2 is 1.80 bits per heavy atom. The second kappa shape index (κ2) is 4.64. The van der Waals surface area contributed by atoms with E-state index < -0.39 is 17.5 Å². The highest BCUT2D eigenvalue weighted by Gasteiger charge is 2.14. The van der Waals surface area contributed by atoms with Crippen LogP contribution < -0.4 is 0 Å². The van der Waals surface area contributed by atoms with Gasteiger partial charge in [0.15, 0.2) is 10.6 Å². The van der Waals surface area contributed by atoms with Gasteiger partial charge in [-0.1, -0.05) is 11.6 Å². The molecule has 0 saturated carbocycles. The number of imidazole rings is 1. The van der Waals surface area contributed by atoms with Gasteiger partial charge in [-0.05, 0) is 30.4 Å². The molecule has 0 aliphatic carbocycles. The summed E-state index contributed by atoms with van der Waals surface area (Å²) in [6.07, 6.45) is 0. The predicted molar refractivity (Wildman–Crippen MR) is 73.3 cm³/mol. The molecule has 0 radical (unpaired) electrons. The first-order valence-electron chi connectivity index (χ1n) is 5.52. The summed E-state index contributed by atoms with van der Waals surface area (Å²) in [5.41, 5.74) is 0.204. The van der Waals surface area contributed by atoms with Gasteiger partial charge in [0.05, 0.1) is 11.2 Å². The van der Waals surface area contributed by atoms with E-state index in [4.69, 9.17) is 23.8 Å². The van der Waals surface area contributed by atoms with Crippen molar-refractivity contribution >= 4 is 34.9 Å². The Labute approximate surface area is 121 Å². The summed E-state index contributed by atoms with van der Waals surface area (Å²) in [6.45, 7) is 0. The molecule has 2 aromatic carbocycles. The molecule has 20 heavy (non-hydrogen) atoms. The minimum absolute atomic E-state index is 0.0192. The summed E-state index contributed by atoms with van der Waals surface area (Å²) in [5, 5.41) is 0.218. The Hall–Kier alpha value is -1.79. The summed E-state index contributed by atoms with van der Waals surface area (Å²) in [6, 6.07) is 5.78. The number of rotatable bonds is 1. The molecule has 0 bridgehead atoms. The van der Waals surface area contributed by atoms with Crippen LogP contribution in [0.15, 0.2) is 30.3 Å². The van der Waals surface area contributed by atoms with Crippen LogP contribution in [0.1, 0.15) is 0 Å². The standard InChI is InChI=1S/C13H6ClF3N2S/c14-6-1-2-10(8(16)3-6)19-11-5-7(15)4-9(17)12(11)18-13(19)20/h1-5H,(H,18,20). The van der Waals surface area contributed by atoms with Crippen LogP contribution >= 0.6 is 23.8 Å². The number of hydrogen-bond acceptors (Lipinski definition) is 1. The topological polar surface area (TPSA) is 20.7 Å². The van der Waals surface area contributed by atoms with E-state index in [0.717, 1.165) is 18.2 Å². The van der Waals surface area contributed by atoms with Crippen molar-refractivity contribution in [1.82, 2.24) is 9.55 Å². The number of nitrogens with zero attached hydrogens (tertiary/aromatic N) is 1. The van der Waals surface area contributed by atoms with Crippen LogP contribution in [0.5, 0.6) is 0 Å². The molecule has 0 aliphatic rings. The normalized spacial score (nSPS) is 11.2. The second-order valence-electron chi connectivity index (χ2n) is 4.14. The van der Waals surface area contributed by atoms with Crippen molar-refractivity contribution in [3.63, 3.8) is 0 Å². The maximum Gasteiger partial charge on any atom is 0.182 e. The molecule has 0 amide bonds. The molecular formula is C13H6ClF3N2S. The van der Waals surface area contributed by atoms with Gasteiger partial charge in [-0.3, -0.25) is 4.57 Å². The number of fused-ring (bicyclic) bond motifs is 1. The van der Waals surface area contributed by atoms with E-state index >= 15 is 0 Å². The average Bonchev–Trinajstić information content (AvgIpc) is 2.67. The van der Waals surface area contributed by atoms with Crippen molar-refractivity contribution in [3.05, 3.63) is 57.6 Å². The molecule has 0 unspecified atom stereocenters. The highest BCUT2D eigenvalue weighted by Crippen LogP contribution is 2.25. The number of H-pyrrole nitrogens is 1. The number of benzene rings is 2. The summed E-state index contributed by atoms with van der Waals surface area (Å²) in [4.78, 5) is 2.60. The fraction of sp³-hybridized carbons (Fsp3) is 0. The molecule has 3 aromatic rings. The predicted octanol–water partition coefficient (Wildman–Crippen LogP) is 4.76. The molecule has 102 valence electrons. The monoisotopic (exact) mass is 314 g/mol. The molecule has 7 heteroatoms. The first-order valence-corrected chi connectivity index (χ1v) is 6.31. The molecule has 0 fully saturated rings. The molecule has 0 spiro atoms. The van der Waals surface area contributed by atoms with Crippen LogP contribution in [0, 0.1) is 22.2 Å². The second-order valence-corrected chi connectivity index (χ2v) is 4.97. The molecule has 1 heterocycles. The number of hydrogen-bond donors (Lipinski definition) is 1. The highest BCUT2D eigenvalue weighted by molar-refractivity contribution is 7.71. The van der Waals surface area contributed by atoms with Crippen molar-refractivity contribution in [1.29, 1.82) is 0 Å². The molecular weight excluding hydrogens is 309 g/mol. The summed E-state index contributed by atoms with van der Waals surface area (Å²) < 4.78 is 42.3. The molecule has 3 rings (SSSR count). The summed E-state index contributed by atoms with van der Waals surface area (Å²) in [5.74, 6) is -2.20. The minimum atomic E-state index is -0.792. The number of nitrogens with one attached hydrogen (secondary N) is 1. The molecule has 2 nitrogen and oxygen atoms in total. The van der Waals surface area contributed by atoms with Crippen molar-refractivity contribution in [3.8, 4) is 5.69 Å². The van der Waals surface area contributed by atoms with E-state index in [1.165, 1.54) is 16.7 Å². The van der Waals surface area contributed by atoms with Crippen LogP contribution in [0.2, 0.25) is 5.02 Å². The van der Waals surface area contributed by atoms with Gasteiger partial charge in [-0.15, -0.1) is 0 Å². The van der Waals surface area contributed by atoms with Gasteiger partial charge in [0.25, 0.3) is 0 Å². The van der Waals surface area contributed by atoms with Crippen LogP contribution in [0.25, 0.3) is 16.7 Å². The summed E-state index contributed by atoms with van der Waals surface area (Å²) >= 11 is 10.7. The SMILES string of the molecule is Fc1cc(F)c2[nH]c(=S)n(-c3ccc(Cl)cc3F)c2c1. The van der Waals surface area contributed by atoms with Crippen LogP contribution in [0.4, 0.5) is 13.2 Å². The summed E-state index contributed by atoms with van der Waals surface area (Å²) in [7, 11) is 0. The van der Waals surface area contributed by atoms with E-state index in [1.54, 1.807) is 0 Å². The van der Waals surface area contributed by atoms with Crippen molar-refractivity contribution in [2.24, 2.45) is 0 Å². The zero-order valence-electron chi connectivity index (χ0n) is 9.75. The van der Waals surface area contributed by atoms with Crippen LogP contribution in [0.3, 0.4) is 0 Å². The van der Waals surface area contributed by atoms with E-state index in [1.807, 2.05) is 0 Å². The van der Waals surface area contributed by atoms with Gasteiger partial charge in [0.2, 0.25) is 0 Å². The van der Waals surface area contributed by atoms with E-state index in [-0.39, 0.29) is 26.5 Å². The third kappa shape index (κ3) is 2.01. The third-order valence-corrected chi connectivity index (χ3v) is 3.38. The lowest BCUT2D eigenvalue weighted by Gasteiger charge is -2.06. The van der Waals surface area contributed by atoms with Gasteiger partial charge in [0, 0.05) is 17.2 Å². The van der Waals surface area contributed by atoms with Crippen LogP contribution in [-0.2, 0) is 0 Å². The van der Waals surface area contributed by atoms with Gasteiger partial charge in [-0.2, -0.15) is 0 Å². The van der Waals surface area contributed by atoms with Crippen molar-refractivity contribution < 1.29 is 13.2 Å². The van der Waals surface area contributed by atoms with Crippen molar-refractivity contribution in [2.75, 3.05) is 0 Å². The largest absolute Gasteiger partial charge is 0.328 e. The Morgan fingerprint density at radius 1 is 1.05 bits per heavy atom. The molecule has 1 aromatic heterocycles. The molecule has 0 aliphatic heterocycles. The smallest absolute Gasteiger partial charge is 0.182 e. The van der Waals surface area contributed by atoms with Gasteiger partial charge in [-0.25, -0.2) is 13.2 Å². The third-order valence-electron chi connectivity index (χ3n) is 2.86. The van der Waals surface area contributed by atoms with Crippen LogP contribution in [-0.4, -0.2) is 9.55 Å². The maximum atomic E-state index is 14.0. The Morgan fingerprint density at radius 3 is 2.50 bits per heavy atom. The first-order chi connectivity index (χ1) is 9.47. The van der Waals surface area contributed by atoms with Gasteiger partial charge < -0.3 is 4.98 Å². The Balaban J connectivity index is 2.42. The minimum Gasteiger partial charge on any atom is -0.328 e. The Kier molecular flexibility index (Phi) is 3.07. The van der Waals surface area contributed by atoms with Gasteiger partial charge in [0.1, 0.15) is 17.2 Å². The Bertz CT molecular complexity index is 885. The molecule has 0 saturated heterocycles. The molecule has 1 N–H and O–H groups in total. The van der Waals surface area contributed by atoms with E-state index in [9.17, 15) is 13.2 Å². The highest BCUT2D eigenvalue weighted by atomic mass is 35.5.